The number of thiazole rings is 1. The molecule has 6 heteroatoms. The van der Waals surface area contributed by atoms with E-state index < -0.39 is 0 Å². The Kier molecular flexibility index (Phi) is 4.29. The van der Waals surface area contributed by atoms with Gasteiger partial charge in [0, 0.05) is 17.1 Å². The minimum Gasteiger partial charge on any atom is -0.387 e. The highest BCUT2D eigenvalue weighted by molar-refractivity contribution is 7.11. The molecular weight excluding hydrogens is 296 g/mol. The number of hydrogen-bond donors (Lipinski definition) is 1. The van der Waals surface area contributed by atoms with Crippen LogP contribution in [0.25, 0.3) is 0 Å². The summed E-state index contributed by atoms with van der Waals surface area (Å²) in [6, 6.07) is 8.40. The monoisotopic (exact) mass is 316 g/mol. The minimum absolute atomic E-state index is 0.372. The van der Waals surface area contributed by atoms with E-state index in [1.54, 1.807) is 11.3 Å². The van der Waals surface area contributed by atoms with Crippen LogP contribution in [-0.2, 0) is 17.9 Å². The Bertz CT molecular complexity index is 676. The van der Waals surface area contributed by atoms with Gasteiger partial charge in [0.2, 0.25) is 0 Å². The van der Waals surface area contributed by atoms with E-state index in [4.69, 9.17) is 10.6 Å². The summed E-state index contributed by atoms with van der Waals surface area (Å²) < 4.78 is 0. The Labute approximate surface area is 134 Å². The smallest absolute Gasteiger partial charge is 0.168 e. The van der Waals surface area contributed by atoms with Crippen molar-refractivity contribution < 1.29 is 4.84 Å². The van der Waals surface area contributed by atoms with Gasteiger partial charge in [0.05, 0.1) is 12.2 Å². The lowest BCUT2D eigenvalue weighted by Gasteiger charge is -2.18. The molecule has 2 aromatic rings. The summed E-state index contributed by atoms with van der Waals surface area (Å²) in [4.78, 5) is 13.2. The molecule has 1 aliphatic rings. The first kappa shape index (κ1) is 14.8. The van der Waals surface area contributed by atoms with Gasteiger partial charge >= 0.3 is 0 Å². The van der Waals surface area contributed by atoms with E-state index in [0.717, 1.165) is 23.7 Å². The Balaban J connectivity index is 1.55. The SMILES string of the molecule is Cc1nc(CON=C(N)CN2CCc3ccccc32)sc1C. The number of oxime groups is 1. The van der Waals surface area contributed by atoms with E-state index >= 15 is 0 Å². The number of aryl methyl sites for hydroxylation is 2. The molecular formula is C16H20N4OS. The van der Waals surface area contributed by atoms with Gasteiger partial charge < -0.3 is 15.5 Å². The summed E-state index contributed by atoms with van der Waals surface area (Å²) in [6.07, 6.45) is 1.06. The second-order valence-corrected chi connectivity index (χ2v) is 6.69. The molecule has 2 heterocycles. The summed E-state index contributed by atoms with van der Waals surface area (Å²) in [5.74, 6) is 0.488. The van der Waals surface area contributed by atoms with Gasteiger partial charge in [-0.2, -0.15) is 0 Å². The highest BCUT2D eigenvalue weighted by Gasteiger charge is 2.18. The van der Waals surface area contributed by atoms with Gasteiger partial charge in [-0.1, -0.05) is 23.4 Å². The minimum atomic E-state index is 0.372. The first-order valence-electron chi connectivity index (χ1n) is 7.33. The number of rotatable bonds is 5. The lowest BCUT2D eigenvalue weighted by molar-refractivity contribution is 0.129. The van der Waals surface area contributed by atoms with Crippen LogP contribution < -0.4 is 10.6 Å². The summed E-state index contributed by atoms with van der Waals surface area (Å²) >= 11 is 1.63. The van der Waals surface area contributed by atoms with Crippen molar-refractivity contribution >= 4 is 22.9 Å². The Morgan fingerprint density at radius 2 is 2.23 bits per heavy atom. The molecule has 22 heavy (non-hydrogen) atoms. The van der Waals surface area contributed by atoms with E-state index in [2.05, 4.69) is 40.2 Å². The van der Waals surface area contributed by atoms with E-state index in [0.29, 0.717) is 19.0 Å². The fourth-order valence-corrected chi connectivity index (χ4v) is 3.41. The molecule has 0 fully saturated rings. The van der Waals surface area contributed by atoms with E-state index in [1.165, 1.54) is 16.1 Å². The van der Waals surface area contributed by atoms with Crippen LogP contribution in [-0.4, -0.2) is 23.9 Å². The van der Waals surface area contributed by atoms with Crippen molar-refractivity contribution in [2.24, 2.45) is 10.9 Å². The first-order valence-corrected chi connectivity index (χ1v) is 8.15. The molecule has 1 aromatic heterocycles. The molecule has 0 amide bonds. The Morgan fingerprint density at radius 3 is 3.00 bits per heavy atom. The third-order valence-corrected chi connectivity index (χ3v) is 4.83. The lowest BCUT2D eigenvalue weighted by Crippen LogP contribution is -2.32. The van der Waals surface area contributed by atoms with Gasteiger partial charge in [0.1, 0.15) is 5.01 Å². The Morgan fingerprint density at radius 1 is 1.41 bits per heavy atom. The van der Waals surface area contributed by atoms with E-state index in [1.807, 2.05) is 13.0 Å². The van der Waals surface area contributed by atoms with Crippen molar-refractivity contribution in [2.45, 2.75) is 26.9 Å². The van der Waals surface area contributed by atoms with Gasteiger partial charge in [-0.05, 0) is 31.9 Å². The van der Waals surface area contributed by atoms with Crippen LogP contribution in [0.15, 0.2) is 29.4 Å². The highest BCUT2D eigenvalue weighted by atomic mass is 32.1. The molecule has 0 radical (unpaired) electrons. The predicted octanol–water partition coefficient (Wildman–Crippen LogP) is 2.61. The molecule has 0 aliphatic carbocycles. The predicted molar refractivity (Wildman–Crippen MR) is 90.4 cm³/mol. The third-order valence-electron chi connectivity index (χ3n) is 3.78. The van der Waals surface area contributed by atoms with Crippen LogP contribution >= 0.6 is 11.3 Å². The van der Waals surface area contributed by atoms with Crippen molar-refractivity contribution in [1.82, 2.24) is 4.98 Å². The number of anilines is 1. The number of aromatic nitrogens is 1. The molecule has 0 atom stereocenters. The van der Waals surface area contributed by atoms with Crippen molar-refractivity contribution in [1.29, 1.82) is 0 Å². The van der Waals surface area contributed by atoms with Crippen LogP contribution in [0.5, 0.6) is 0 Å². The number of benzene rings is 1. The Hall–Kier alpha value is -2.08. The number of para-hydroxylation sites is 1. The average molecular weight is 316 g/mol. The fraction of sp³-hybridized carbons (Fsp3) is 0.375. The highest BCUT2D eigenvalue weighted by Crippen LogP contribution is 2.26. The maximum atomic E-state index is 5.98. The number of nitrogens with two attached hydrogens (primary N) is 1. The molecule has 0 unspecified atom stereocenters. The van der Waals surface area contributed by atoms with Gasteiger partial charge in [0.25, 0.3) is 0 Å². The van der Waals surface area contributed by atoms with Crippen molar-refractivity contribution in [3.05, 3.63) is 45.4 Å². The molecule has 3 rings (SSSR count). The quantitative estimate of drug-likeness (QED) is 0.523. The summed E-state index contributed by atoms with van der Waals surface area (Å²) in [7, 11) is 0. The van der Waals surface area contributed by atoms with Gasteiger partial charge in [-0.3, -0.25) is 0 Å². The normalized spacial score (nSPS) is 14.3. The largest absolute Gasteiger partial charge is 0.387 e. The molecule has 2 N–H and O–H groups in total. The summed E-state index contributed by atoms with van der Waals surface area (Å²) in [5, 5.41) is 4.94. The van der Waals surface area contributed by atoms with E-state index in [9.17, 15) is 0 Å². The second kappa shape index (κ2) is 6.36. The topological polar surface area (TPSA) is 63.7 Å². The summed E-state index contributed by atoms with van der Waals surface area (Å²) in [6.45, 7) is 5.99. The molecule has 0 bridgehead atoms. The summed E-state index contributed by atoms with van der Waals surface area (Å²) in [5.41, 5.74) is 9.63. The average Bonchev–Trinajstić information content (AvgIpc) is 3.04. The van der Waals surface area contributed by atoms with Crippen molar-refractivity contribution in [2.75, 3.05) is 18.0 Å². The zero-order valence-electron chi connectivity index (χ0n) is 12.9. The molecule has 1 aromatic carbocycles. The number of fused-ring (bicyclic) bond motifs is 1. The van der Waals surface area contributed by atoms with Crippen molar-refractivity contribution in [3.63, 3.8) is 0 Å². The van der Waals surface area contributed by atoms with Gasteiger partial charge in [-0.25, -0.2) is 4.98 Å². The number of amidine groups is 1. The molecule has 0 spiro atoms. The van der Waals surface area contributed by atoms with Gasteiger partial charge in [0.15, 0.2) is 12.4 Å². The van der Waals surface area contributed by atoms with Crippen LogP contribution in [0.4, 0.5) is 5.69 Å². The van der Waals surface area contributed by atoms with Crippen LogP contribution in [0.1, 0.15) is 21.1 Å². The van der Waals surface area contributed by atoms with Crippen LogP contribution in [0.2, 0.25) is 0 Å². The zero-order valence-corrected chi connectivity index (χ0v) is 13.7. The standard InChI is InChI=1S/C16H20N4OS/c1-11-12(2)22-16(18-11)10-21-19-15(17)9-20-8-7-13-5-3-4-6-14(13)20/h3-6H,7-10H2,1-2H3,(H2,17,19). The van der Waals surface area contributed by atoms with Gasteiger partial charge in [-0.15, -0.1) is 11.3 Å². The molecule has 0 saturated heterocycles. The molecule has 0 saturated carbocycles. The maximum absolute atomic E-state index is 5.98. The third kappa shape index (κ3) is 3.22. The maximum Gasteiger partial charge on any atom is 0.168 e. The fourth-order valence-electron chi connectivity index (χ4n) is 2.57. The van der Waals surface area contributed by atoms with Crippen LogP contribution in [0, 0.1) is 13.8 Å². The number of hydrogen-bond acceptors (Lipinski definition) is 5. The lowest BCUT2D eigenvalue weighted by atomic mass is 10.2. The van der Waals surface area contributed by atoms with Crippen molar-refractivity contribution in [3.8, 4) is 0 Å². The number of nitrogens with zero attached hydrogens (tertiary/aromatic N) is 3. The molecule has 1 aliphatic heterocycles. The second-order valence-electron chi connectivity index (χ2n) is 5.41. The van der Waals surface area contributed by atoms with E-state index in [-0.39, 0.29) is 0 Å². The molecule has 5 nitrogen and oxygen atoms in total. The van der Waals surface area contributed by atoms with Crippen LogP contribution in [0.3, 0.4) is 0 Å². The molecule has 116 valence electrons. The zero-order chi connectivity index (χ0) is 15.5. The first-order chi connectivity index (χ1) is 10.6.